The summed E-state index contributed by atoms with van der Waals surface area (Å²) in [6.07, 6.45) is 0. The van der Waals surface area contributed by atoms with Crippen molar-refractivity contribution < 1.29 is 14.6 Å². The Morgan fingerprint density at radius 1 is 0.704 bits per heavy atom. The molecule has 0 bridgehead atoms. The second-order valence-corrected chi connectivity index (χ2v) is 6.75. The van der Waals surface area contributed by atoms with Crippen molar-refractivity contribution in [2.75, 3.05) is 0 Å². The third-order valence-electron chi connectivity index (χ3n) is 5.27. The fourth-order valence-corrected chi connectivity index (χ4v) is 4.02. The summed E-state index contributed by atoms with van der Waals surface area (Å²) >= 11 is 0. The van der Waals surface area contributed by atoms with Crippen molar-refractivity contribution in [3.05, 3.63) is 108 Å². The summed E-state index contributed by atoms with van der Waals surface area (Å²) in [5, 5.41) is 12.0. The van der Waals surface area contributed by atoms with Gasteiger partial charge in [-0.1, -0.05) is 66.7 Å². The van der Waals surface area contributed by atoms with Crippen LogP contribution in [-0.4, -0.2) is 11.1 Å². The quantitative estimate of drug-likeness (QED) is 0.416. The third-order valence-corrected chi connectivity index (χ3v) is 5.27. The highest BCUT2D eigenvalue weighted by molar-refractivity contribution is 5.99. The fraction of sp³-hybridized carbons (Fsp3) is 0.0417. The molecule has 4 aromatic rings. The fourth-order valence-electron chi connectivity index (χ4n) is 4.02. The van der Waals surface area contributed by atoms with Gasteiger partial charge >= 0.3 is 5.97 Å². The second kappa shape index (κ2) is 5.71. The summed E-state index contributed by atoms with van der Waals surface area (Å²) in [4.78, 5) is 13.3. The number of ether oxygens (including phenoxy) is 1. The van der Waals surface area contributed by atoms with E-state index in [2.05, 4.69) is 0 Å². The maximum absolute atomic E-state index is 13.3. The molecule has 1 unspecified atom stereocenters. The van der Waals surface area contributed by atoms with E-state index in [1.807, 2.05) is 72.8 Å². The minimum Gasteiger partial charge on any atom is -0.508 e. The lowest BCUT2D eigenvalue weighted by Gasteiger charge is -2.27. The van der Waals surface area contributed by atoms with Gasteiger partial charge in [0.15, 0.2) is 0 Å². The summed E-state index contributed by atoms with van der Waals surface area (Å²) in [6, 6.07) is 28.7. The minimum absolute atomic E-state index is 0.0731. The number of hydrogen-bond acceptors (Lipinski definition) is 3. The zero-order valence-electron chi connectivity index (χ0n) is 14.4. The smallest absolute Gasteiger partial charge is 0.331 e. The standard InChI is InChI=1S/C24H16O3/c25-20-12-13-21-22(15-20)27-23(26)24(21,18-8-2-1-3-9-18)19-11-10-16-6-4-5-7-17(16)14-19/h1-15,25H. The molecule has 5 rings (SSSR count). The van der Waals surface area contributed by atoms with Crippen LogP contribution in [0.3, 0.4) is 0 Å². The Kier molecular flexibility index (Phi) is 3.31. The molecule has 0 radical (unpaired) electrons. The van der Waals surface area contributed by atoms with Crippen molar-refractivity contribution in [3.63, 3.8) is 0 Å². The van der Waals surface area contributed by atoms with Crippen LogP contribution < -0.4 is 4.74 Å². The first-order valence-electron chi connectivity index (χ1n) is 8.80. The van der Waals surface area contributed by atoms with E-state index in [4.69, 9.17) is 4.74 Å². The van der Waals surface area contributed by atoms with Crippen LogP contribution >= 0.6 is 0 Å². The summed E-state index contributed by atoms with van der Waals surface area (Å²) < 4.78 is 5.63. The average Bonchev–Trinajstić information content (AvgIpc) is 3.00. The van der Waals surface area contributed by atoms with Crippen LogP contribution in [0.2, 0.25) is 0 Å². The van der Waals surface area contributed by atoms with Gasteiger partial charge in [0.05, 0.1) is 0 Å². The predicted molar refractivity (Wildman–Crippen MR) is 104 cm³/mol. The van der Waals surface area contributed by atoms with E-state index < -0.39 is 5.41 Å². The van der Waals surface area contributed by atoms with E-state index in [1.54, 1.807) is 12.1 Å². The number of fused-ring (bicyclic) bond motifs is 2. The summed E-state index contributed by atoms with van der Waals surface area (Å²) in [5.41, 5.74) is 1.37. The molecule has 1 atom stereocenters. The number of phenols is 1. The molecule has 1 aliphatic rings. The van der Waals surface area contributed by atoms with Crippen LogP contribution in [0.1, 0.15) is 16.7 Å². The first-order chi connectivity index (χ1) is 13.2. The molecule has 0 spiro atoms. The molecule has 0 aliphatic carbocycles. The van der Waals surface area contributed by atoms with Gasteiger partial charge in [-0.3, -0.25) is 0 Å². The largest absolute Gasteiger partial charge is 0.508 e. The van der Waals surface area contributed by atoms with E-state index in [0.717, 1.165) is 27.5 Å². The Labute approximate surface area is 156 Å². The predicted octanol–water partition coefficient (Wildman–Crippen LogP) is 4.80. The lowest BCUT2D eigenvalue weighted by Crippen LogP contribution is -2.36. The van der Waals surface area contributed by atoms with Gasteiger partial charge in [0.2, 0.25) is 0 Å². The molecule has 27 heavy (non-hydrogen) atoms. The summed E-state index contributed by atoms with van der Waals surface area (Å²) in [6.45, 7) is 0. The molecule has 0 aromatic heterocycles. The van der Waals surface area contributed by atoms with Crippen LogP contribution in [-0.2, 0) is 10.2 Å². The van der Waals surface area contributed by atoms with Crippen LogP contribution in [0.15, 0.2) is 91.0 Å². The number of aromatic hydroxyl groups is 1. The molecule has 0 fully saturated rings. The molecule has 3 nitrogen and oxygen atoms in total. The molecular formula is C24H16O3. The highest BCUT2D eigenvalue weighted by atomic mass is 16.5. The highest BCUT2D eigenvalue weighted by Crippen LogP contribution is 2.50. The van der Waals surface area contributed by atoms with Gasteiger partial charge in [0, 0.05) is 11.6 Å². The lowest BCUT2D eigenvalue weighted by molar-refractivity contribution is -0.135. The van der Waals surface area contributed by atoms with E-state index in [0.29, 0.717) is 5.75 Å². The zero-order chi connectivity index (χ0) is 18.4. The number of phenolic OH excluding ortho intramolecular Hbond substituents is 1. The monoisotopic (exact) mass is 352 g/mol. The van der Waals surface area contributed by atoms with E-state index >= 15 is 0 Å². The van der Waals surface area contributed by atoms with Crippen molar-refractivity contribution in [1.29, 1.82) is 0 Å². The molecule has 1 aliphatic heterocycles. The van der Waals surface area contributed by atoms with Gasteiger partial charge in [0.25, 0.3) is 0 Å². The molecular weight excluding hydrogens is 336 g/mol. The van der Waals surface area contributed by atoms with Crippen LogP contribution in [0.4, 0.5) is 0 Å². The number of benzene rings is 4. The number of carbonyl (C=O) groups is 1. The summed E-state index contributed by atoms with van der Waals surface area (Å²) in [7, 11) is 0. The van der Waals surface area contributed by atoms with Crippen molar-refractivity contribution in [2.45, 2.75) is 5.41 Å². The highest BCUT2D eigenvalue weighted by Gasteiger charge is 2.52. The molecule has 1 heterocycles. The molecule has 0 saturated heterocycles. The van der Waals surface area contributed by atoms with Gasteiger partial charge in [-0.2, -0.15) is 0 Å². The number of hydrogen-bond donors (Lipinski definition) is 1. The third kappa shape index (κ3) is 2.18. The second-order valence-electron chi connectivity index (χ2n) is 6.75. The minimum atomic E-state index is -1.06. The van der Waals surface area contributed by atoms with E-state index in [9.17, 15) is 9.90 Å². The Morgan fingerprint density at radius 2 is 1.44 bits per heavy atom. The number of carbonyl (C=O) groups excluding carboxylic acids is 1. The topological polar surface area (TPSA) is 46.5 Å². The molecule has 0 saturated carbocycles. The number of esters is 1. The molecule has 130 valence electrons. The van der Waals surface area contributed by atoms with Crippen LogP contribution in [0, 0.1) is 0 Å². The van der Waals surface area contributed by atoms with E-state index in [-0.39, 0.29) is 11.7 Å². The van der Waals surface area contributed by atoms with Gasteiger partial charge in [-0.25, -0.2) is 4.79 Å². The first kappa shape index (κ1) is 15.6. The Bertz CT molecular complexity index is 1180. The maximum atomic E-state index is 13.3. The van der Waals surface area contributed by atoms with Gasteiger partial charge < -0.3 is 9.84 Å². The van der Waals surface area contributed by atoms with E-state index in [1.165, 1.54) is 6.07 Å². The Balaban J connectivity index is 1.87. The molecule has 1 N–H and O–H groups in total. The lowest BCUT2D eigenvalue weighted by atomic mass is 9.70. The van der Waals surface area contributed by atoms with Crippen LogP contribution in [0.25, 0.3) is 10.8 Å². The molecule has 4 aromatic carbocycles. The Hall–Kier alpha value is -3.59. The van der Waals surface area contributed by atoms with Crippen molar-refractivity contribution in [1.82, 2.24) is 0 Å². The molecule has 0 amide bonds. The Morgan fingerprint density at radius 3 is 2.26 bits per heavy atom. The summed E-state index contributed by atoms with van der Waals surface area (Å²) in [5.74, 6) is 0.116. The van der Waals surface area contributed by atoms with Crippen molar-refractivity contribution in [3.8, 4) is 11.5 Å². The van der Waals surface area contributed by atoms with Gasteiger partial charge in [0.1, 0.15) is 16.9 Å². The molecule has 3 heteroatoms. The SMILES string of the molecule is O=C1Oc2cc(O)ccc2C1(c1ccccc1)c1ccc2ccccc2c1. The normalized spacial score (nSPS) is 18.3. The zero-order valence-corrected chi connectivity index (χ0v) is 14.4. The van der Waals surface area contributed by atoms with Gasteiger partial charge in [-0.15, -0.1) is 0 Å². The van der Waals surface area contributed by atoms with Crippen molar-refractivity contribution >= 4 is 16.7 Å². The average molecular weight is 352 g/mol. The number of rotatable bonds is 2. The van der Waals surface area contributed by atoms with Gasteiger partial charge in [-0.05, 0) is 40.1 Å². The van der Waals surface area contributed by atoms with Crippen LogP contribution in [0.5, 0.6) is 11.5 Å². The maximum Gasteiger partial charge on any atom is 0.331 e. The van der Waals surface area contributed by atoms with Crippen molar-refractivity contribution in [2.24, 2.45) is 0 Å². The first-order valence-corrected chi connectivity index (χ1v) is 8.80.